The molecule has 0 saturated carbocycles. The Balaban J connectivity index is 2.06. The van der Waals surface area contributed by atoms with Crippen LogP contribution in [0.25, 0.3) is 0 Å². The fraction of sp³-hybridized carbons (Fsp3) is 0.267. The van der Waals surface area contributed by atoms with Crippen molar-refractivity contribution in [3.8, 4) is 11.5 Å². The number of hydrogen-bond donors (Lipinski definition) is 1. The molecule has 0 atom stereocenters. The summed E-state index contributed by atoms with van der Waals surface area (Å²) >= 11 is 0. The molecule has 0 fully saturated rings. The topological polar surface area (TPSA) is 71.5 Å². The zero-order valence-electron chi connectivity index (χ0n) is 12.7. The second kappa shape index (κ2) is 6.76. The average Bonchev–Trinajstić information content (AvgIpc) is 2.49. The van der Waals surface area contributed by atoms with E-state index in [0.29, 0.717) is 17.2 Å². The number of ether oxygens (including phenoxy) is 1. The van der Waals surface area contributed by atoms with Crippen molar-refractivity contribution in [3.63, 3.8) is 0 Å². The summed E-state index contributed by atoms with van der Waals surface area (Å²) in [5.74, 6) is 1.29. The summed E-state index contributed by atoms with van der Waals surface area (Å²) in [6.45, 7) is 3.62. The molecule has 2 aromatic rings. The molecule has 1 heterocycles. The molecule has 118 valence electrons. The summed E-state index contributed by atoms with van der Waals surface area (Å²) in [7, 11) is -2.01. The number of anilines is 1. The summed E-state index contributed by atoms with van der Waals surface area (Å²) in [6.07, 6.45) is 3.28. The zero-order valence-corrected chi connectivity index (χ0v) is 13.5. The van der Waals surface area contributed by atoms with Crippen LogP contribution in [0.1, 0.15) is 13.8 Å². The Kier molecular flexibility index (Phi) is 4.99. The van der Waals surface area contributed by atoms with E-state index in [1.54, 1.807) is 48.8 Å². The van der Waals surface area contributed by atoms with Gasteiger partial charge in [0.15, 0.2) is 0 Å². The lowest BCUT2D eigenvalue weighted by Crippen LogP contribution is -2.37. The van der Waals surface area contributed by atoms with E-state index < -0.39 is 10.2 Å². The summed E-state index contributed by atoms with van der Waals surface area (Å²) < 4.78 is 33.6. The van der Waals surface area contributed by atoms with Crippen LogP contribution in [0.15, 0.2) is 48.8 Å². The van der Waals surface area contributed by atoms with E-state index in [-0.39, 0.29) is 6.04 Å². The first kappa shape index (κ1) is 16.3. The van der Waals surface area contributed by atoms with Crippen LogP contribution in [0.2, 0.25) is 0 Å². The van der Waals surface area contributed by atoms with Gasteiger partial charge in [0, 0.05) is 25.5 Å². The Morgan fingerprint density at radius 2 is 1.59 bits per heavy atom. The Morgan fingerprint density at radius 3 is 2.14 bits per heavy atom. The third kappa shape index (κ3) is 4.19. The van der Waals surface area contributed by atoms with Gasteiger partial charge in [-0.25, -0.2) is 0 Å². The number of benzene rings is 1. The molecule has 0 unspecified atom stereocenters. The number of rotatable bonds is 6. The third-order valence-electron chi connectivity index (χ3n) is 3.09. The molecule has 7 heteroatoms. The monoisotopic (exact) mass is 321 g/mol. The predicted molar refractivity (Wildman–Crippen MR) is 86.2 cm³/mol. The van der Waals surface area contributed by atoms with Crippen molar-refractivity contribution in [3.05, 3.63) is 48.8 Å². The van der Waals surface area contributed by atoms with Gasteiger partial charge in [-0.05, 0) is 50.2 Å². The van der Waals surface area contributed by atoms with Crippen LogP contribution >= 0.6 is 0 Å². The van der Waals surface area contributed by atoms with Gasteiger partial charge in [-0.3, -0.25) is 9.71 Å². The van der Waals surface area contributed by atoms with Gasteiger partial charge in [0.2, 0.25) is 0 Å². The molecule has 0 aliphatic carbocycles. The molecule has 6 nitrogen and oxygen atoms in total. The Morgan fingerprint density at radius 1 is 1.05 bits per heavy atom. The van der Waals surface area contributed by atoms with Gasteiger partial charge >= 0.3 is 10.2 Å². The van der Waals surface area contributed by atoms with Crippen molar-refractivity contribution in [1.82, 2.24) is 9.29 Å². The van der Waals surface area contributed by atoms with Crippen LogP contribution in [0.3, 0.4) is 0 Å². The SMILES string of the molecule is CC(C)N(C)S(=O)(=O)Nc1ccc(Oc2ccncc2)cc1. The summed E-state index contributed by atoms with van der Waals surface area (Å²) in [4.78, 5) is 3.91. The van der Waals surface area contributed by atoms with Gasteiger partial charge in [0.1, 0.15) is 11.5 Å². The molecule has 0 spiro atoms. The van der Waals surface area contributed by atoms with Crippen molar-refractivity contribution in [1.29, 1.82) is 0 Å². The van der Waals surface area contributed by atoms with Crippen molar-refractivity contribution in [2.75, 3.05) is 11.8 Å². The Labute approximate surface area is 130 Å². The molecule has 2 rings (SSSR count). The molecule has 1 N–H and O–H groups in total. The maximum atomic E-state index is 12.1. The quantitative estimate of drug-likeness (QED) is 0.888. The minimum Gasteiger partial charge on any atom is -0.457 e. The summed E-state index contributed by atoms with van der Waals surface area (Å²) in [5.41, 5.74) is 0.481. The zero-order chi connectivity index (χ0) is 16.2. The molecule has 0 aliphatic heterocycles. The first-order chi connectivity index (χ1) is 10.4. The first-order valence-corrected chi connectivity index (χ1v) is 8.26. The van der Waals surface area contributed by atoms with Crippen LogP contribution in [0.5, 0.6) is 11.5 Å². The first-order valence-electron chi connectivity index (χ1n) is 6.82. The average molecular weight is 321 g/mol. The van der Waals surface area contributed by atoms with Crippen LogP contribution in [0, 0.1) is 0 Å². The van der Waals surface area contributed by atoms with E-state index in [4.69, 9.17) is 4.74 Å². The number of nitrogens with one attached hydrogen (secondary N) is 1. The highest BCUT2D eigenvalue weighted by Crippen LogP contribution is 2.23. The number of pyridine rings is 1. The lowest BCUT2D eigenvalue weighted by Gasteiger charge is -2.21. The van der Waals surface area contributed by atoms with Crippen molar-refractivity contribution in [2.45, 2.75) is 19.9 Å². The lowest BCUT2D eigenvalue weighted by atomic mass is 10.3. The van der Waals surface area contributed by atoms with E-state index in [1.165, 1.54) is 11.4 Å². The highest BCUT2D eigenvalue weighted by Gasteiger charge is 2.20. The second-order valence-electron chi connectivity index (χ2n) is 5.03. The van der Waals surface area contributed by atoms with E-state index in [0.717, 1.165) is 0 Å². The maximum Gasteiger partial charge on any atom is 0.301 e. The van der Waals surface area contributed by atoms with E-state index in [1.807, 2.05) is 13.8 Å². The standard InChI is InChI=1S/C15H19N3O3S/c1-12(2)18(3)22(19,20)17-13-4-6-14(7-5-13)21-15-8-10-16-11-9-15/h4-12,17H,1-3H3. The van der Waals surface area contributed by atoms with Crippen LogP contribution in [0.4, 0.5) is 5.69 Å². The molecule has 0 bridgehead atoms. The highest BCUT2D eigenvalue weighted by atomic mass is 32.2. The molecule has 0 aliphatic rings. The molecule has 0 saturated heterocycles. The van der Waals surface area contributed by atoms with Crippen molar-refractivity contribution in [2.24, 2.45) is 0 Å². The van der Waals surface area contributed by atoms with Crippen molar-refractivity contribution < 1.29 is 13.2 Å². The molecule has 0 amide bonds. The lowest BCUT2D eigenvalue weighted by molar-refractivity contribution is 0.414. The summed E-state index contributed by atoms with van der Waals surface area (Å²) in [6, 6.07) is 10.1. The third-order valence-corrected chi connectivity index (χ3v) is 4.77. The molecular weight excluding hydrogens is 302 g/mol. The molecule has 1 aromatic carbocycles. The van der Waals surface area contributed by atoms with E-state index in [2.05, 4.69) is 9.71 Å². The van der Waals surface area contributed by atoms with Gasteiger partial charge < -0.3 is 4.74 Å². The van der Waals surface area contributed by atoms with Gasteiger partial charge in [0.25, 0.3) is 0 Å². The fourth-order valence-corrected chi connectivity index (χ4v) is 2.76. The maximum absolute atomic E-state index is 12.1. The van der Waals surface area contributed by atoms with Gasteiger partial charge in [-0.2, -0.15) is 12.7 Å². The van der Waals surface area contributed by atoms with Gasteiger partial charge in [-0.1, -0.05) is 0 Å². The number of nitrogens with zero attached hydrogens (tertiary/aromatic N) is 2. The minimum absolute atomic E-state index is 0.119. The Hall–Kier alpha value is -2.12. The van der Waals surface area contributed by atoms with Crippen LogP contribution in [-0.2, 0) is 10.2 Å². The highest BCUT2D eigenvalue weighted by molar-refractivity contribution is 7.90. The molecule has 1 aromatic heterocycles. The van der Waals surface area contributed by atoms with Gasteiger partial charge in [-0.15, -0.1) is 0 Å². The molecular formula is C15H19N3O3S. The van der Waals surface area contributed by atoms with Gasteiger partial charge in [0.05, 0.1) is 5.69 Å². The van der Waals surface area contributed by atoms with Crippen LogP contribution in [-0.4, -0.2) is 30.8 Å². The predicted octanol–water partition coefficient (Wildman–Crippen LogP) is 2.87. The molecule has 0 radical (unpaired) electrons. The molecule has 22 heavy (non-hydrogen) atoms. The van der Waals surface area contributed by atoms with Crippen molar-refractivity contribution >= 4 is 15.9 Å². The smallest absolute Gasteiger partial charge is 0.301 e. The summed E-state index contributed by atoms with van der Waals surface area (Å²) in [5, 5.41) is 0. The van der Waals surface area contributed by atoms with Crippen LogP contribution < -0.4 is 9.46 Å². The minimum atomic E-state index is -3.55. The number of aromatic nitrogens is 1. The van der Waals surface area contributed by atoms with E-state index >= 15 is 0 Å². The van der Waals surface area contributed by atoms with E-state index in [9.17, 15) is 8.42 Å². The normalized spacial score (nSPS) is 11.7. The largest absolute Gasteiger partial charge is 0.457 e. The second-order valence-corrected chi connectivity index (χ2v) is 6.76. The Bertz CT molecular complexity index is 701. The fourth-order valence-electron chi connectivity index (χ4n) is 1.63. The number of hydrogen-bond acceptors (Lipinski definition) is 4.